The van der Waals surface area contributed by atoms with Crippen LogP contribution in [0.3, 0.4) is 0 Å². The molecule has 30 heavy (non-hydrogen) atoms. The molecule has 4 aromatic rings. The number of rotatable bonds is 8. The van der Waals surface area contributed by atoms with Crippen LogP contribution < -0.4 is 0 Å². The molecule has 2 heteroatoms. The molecule has 0 N–H and O–H groups in total. The molecule has 0 saturated heterocycles. The molecule has 4 rings (SSSR count). The van der Waals surface area contributed by atoms with Crippen molar-refractivity contribution in [3.05, 3.63) is 102 Å². The van der Waals surface area contributed by atoms with Gasteiger partial charge in [-0.25, -0.2) is 4.98 Å². The number of imidazole rings is 1. The second kappa shape index (κ2) is 9.58. The zero-order valence-electron chi connectivity index (χ0n) is 18.0. The third-order valence-electron chi connectivity index (χ3n) is 5.71. The van der Waals surface area contributed by atoms with Crippen molar-refractivity contribution in [3.63, 3.8) is 0 Å². The normalized spacial score (nSPS) is 12.1. The summed E-state index contributed by atoms with van der Waals surface area (Å²) in [6.45, 7) is 5.41. The molecule has 1 atom stereocenters. The van der Waals surface area contributed by atoms with E-state index in [0.717, 1.165) is 18.7 Å². The molecule has 0 aliphatic carbocycles. The Morgan fingerprint density at radius 2 is 1.33 bits per heavy atom. The predicted octanol–water partition coefficient (Wildman–Crippen LogP) is 7.56. The first-order valence-electron chi connectivity index (χ1n) is 11.0. The van der Waals surface area contributed by atoms with Gasteiger partial charge in [0.05, 0.1) is 11.4 Å². The van der Waals surface area contributed by atoms with E-state index in [0.29, 0.717) is 5.92 Å². The molecule has 1 unspecified atom stereocenters. The summed E-state index contributed by atoms with van der Waals surface area (Å²) in [5.74, 6) is 1.60. The van der Waals surface area contributed by atoms with Crippen LogP contribution in [-0.2, 0) is 6.54 Å². The third-order valence-corrected chi connectivity index (χ3v) is 5.71. The maximum atomic E-state index is 5.27. The highest BCUT2D eigenvalue weighted by Gasteiger charge is 2.23. The predicted molar refractivity (Wildman–Crippen MR) is 127 cm³/mol. The molecule has 0 aliphatic rings. The molecular weight excluding hydrogens is 364 g/mol. The van der Waals surface area contributed by atoms with Crippen LogP contribution in [-0.4, -0.2) is 9.55 Å². The SMILES string of the molecule is CCCCC(C)c1nc(-c2ccccc2)c(-c2ccccc2)n1Cc1ccccc1. The van der Waals surface area contributed by atoms with Gasteiger partial charge in [0.1, 0.15) is 5.82 Å². The average molecular weight is 395 g/mol. The van der Waals surface area contributed by atoms with Crippen molar-refractivity contribution < 1.29 is 0 Å². The van der Waals surface area contributed by atoms with Crippen molar-refractivity contribution in [3.8, 4) is 22.5 Å². The largest absolute Gasteiger partial charge is 0.323 e. The Balaban J connectivity index is 1.92. The molecule has 152 valence electrons. The fraction of sp³-hybridized carbons (Fsp3) is 0.250. The Labute approximate surface area is 180 Å². The first-order valence-corrected chi connectivity index (χ1v) is 11.0. The zero-order chi connectivity index (χ0) is 20.8. The first kappa shape index (κ1) is 20.2. The van der Waals surface area contributed by atoms with Crippen LogP contribution in [0.15, 0.2) is 91.0 Å². The molecule has 1 heterocycles. The van der Waals surface area contributed by atoms with Crippen molar-refractivity contribution in [1.82, 2.24) is 9.55 Å². The second-order valence-corrected chi connectivity index (χ2v) is 8.01. The number of nitrogens with zero attached hydrogens (tertiary/aromatic N) is 2. The third kappa shape index (κ3) is 4.38. The quantitative estimate of drug-likeness (QED) is 0.301. The maximum absolute atomic E-state index is 5.27. The standard InChI is InChI=1S/C28H30N2/c1-3-4-14-22(2)28-29-26(24-17-10-6-11-18-24)27(25-19-12-7-13-20-25)30(28)21-23-15-8-5-9-16-23/h5-13,15-20,22H,3-4,14,21H2,1-2H3. The van der Waals surface area contributed by atoms with Gasteiger partial charge in [-0.2, -0.15) is 0 Å². The van der Waals surface area contributed by atoms with Crippen LogP contribution in [0.1, 0.15) is 50.4 Å². The molecule has 1 aromatic heterocycles. The highest BCUT2D eigenvalue weighted by atomic mass is 15.1. The molecule has 0 spiro atoms. The first-order chi connectivity index (χ1) is 14.8. The van der Waals surface area contributed by atoms with Crippen LogP contribution in [0, 0.1) is 0 Å². The number of hydrogen-bond donors (Lipinski definition) is 0. The minimum atomic E-state index is 0.411. The Bertz CT molecular complexity index is 1050. The fourth-order valence-electron chi connectivity index (χ4n) is 4.10. The van der Waals surface area contributed by atoms with E-state index >= 15 is 0 Å². The van der Waals surface area contributed by atoms with Gasteiger partial charge in [-0.3, -0.25) is 0 Å². The van der Waals surface area contributed by atoms with Gasteiger partial charge < -0.3 is 4.57 Å². The van der Waals surface area contributed by atoms with Gasteiger partial charge in [0.25, 0.3) is 0 Å². The fourth-order valence-corrected chi connectivity index (χ4v) is 4.10. The van der Waals surface area contributed by atoms with Gasteiger partial charge in [0.15, 0.2) is 0 Å². The molecular formula is C28H30N2. The Morgan fingerprint density at radius 3 is 1.93 bits per heavy atom. The summed E-state index contributed by atoms with van der Waals surface area (Å²) in [5, 5.41) is 0. The lowest BCUT2D eigenvalue weighted by molar-refractivity contribution is 0.567. The summed E-state index contributed by atoms with van der Waals surface area (Å²) in [5.41, 5.74) is 5.98. The minimum absolute atomic E-state index is 0.411. The van der Waals surface area contributed by atoms with Crippen molar-refractivity contribution in [2.24, 2.45) is 0 Å². The Morgan fingerprint density at radius 1 is 0.767 bits per heavy atom. The zero-order valence-corrected chi connectivity index (χ0v) is 18.0. The lowest BCUT2D eigenvalue weighted by Gasteiger charge is -2.17. The topological polar surface area (TPSA) is 17.8 Å². The summed E-state index contributed by atoms with van der Waals surface area (Å²) >= 11 is 0. The van der Waals surface area contributed by atoms with E-state index in [2.05, 4.69) is 109 Å². The highest BCUT2D eigenvalue weighted by molar-refractivity contribution is 5.79. The van der Waals surface area contributed by atoms with Crippen LogP contribution in [0.25, 0.3) is 22.5 Å². The second-order valence-electron chi connectivity index (χ2n) is 8.01. The van der Waals surface area contributed by atoms with Crippen molar-refractivity contribution >= 4 is 0 Å². The van der Waals surface area contributed by atoms with Crippen molar-refractivity contribution in [1.29, 1.82) is 0 Å². The van der Waals surface area contributed by atoms with Crippen LogP contribution in [0.2, 0.25) is 0 Å². The average Bonchev–Trinajstić information content (AvgIpc) is 3.18. The molecule has 3 aromatic carbocycles. The minimum Gasteiger partial charge on any atom is -0.323 e. The van der Waals surface area contributed by atoms with Gasteiger partial charge in [-0.15, -0.1) is 0 Å². The van der Waals surface area contributed by atoms with E-state index in [9.17, 15) is 0 Å². The molecule has 0 radical (unpaired) electrons. The smallest absolute Gasteiger partial charge is 0.113 e. The Hall–Kier alpha value is -3.13. The van der Waals surface area contributed by atoms with Crippen LogP contribution in [0.4, 0.5) is 0 Å². The number of benzene rings is 3. The molecule has 0 aliphatic heterocycles. The lowest BCUT2D eigenvalue weighted by Crippen LogP contribution is -2.10. The van der Waals surface area contributed by atoms with Crippen molar-refractivity contribution in [2.45, 2.75) is 45.6 Å². The molecule has 0 bridgehead atoms. The van der Waals surface area contributed by atoms with E-state index in [-0.39, 0.29) is 0 Å². The summed E-state index contributed by atoms with van der Waals surface area (Å²) in [6.07, 6.45) is 3.59. The van der Waals surface area contributed by atoms with Crippen LogP contribution >= 0.6 is 0 Å². The monoisotopic (exact) mass is 394 g/mol. The van der Waals surface area contributed by atoms with E-state index in [4.69, 9.17) is 4.98 Å². The highest BCUT2D eigenvalue weighted by Crippen LogP contribution is 2.36. The van der Waals surface area contributed by atoms with E-state index in [1.165, 1.54) is 41.1 Å². The summed E-state index contributed by atoms with van der Waals surface area (Å²) in [4.78, 5) is 5.27. The van der Waals surface area contributed by atoms with Gasteiger partial charge in [0.2, 0.25) is 0 Å². The van der Waals surface area contributed by atoms with Gasteiger partial charge in [-0.05, 0) is 12.0 Å². The lowest BCUT2D eigenvalue weighted by atomic mass is 10.0. The van der Waals surface area contributed by atoms with Gasteiger partial charge >= 0.3 is 0 Å². The van der Waals surface area contributed by atoms with Gasteiger partial charge in [0, 0.05) is 23.6 Å². The van der Waals surface area contributed by atoms with E-state index < -0.39 is 0 Å². The Kier molecular flexibility index (Phi) is 6.44. The summed E-state index contributed by atoms with van der Waals surface area (Å²) < 4.78 is 2.45. The number of hydrogen-bond acceptors (Lipinski definition) is 1. The molecule has 2 nitrogen and oxygen atoms in total. The summed E-state index contributed by atoms with van der Waals surface area (Å²) in [6, 6.07) is 32.0. The van der Waals surface area contributed by atoms with Crippen molar-refractivity contribution in [2.75, 3.05) is 0 Å². The van der Waals surface area contributed by atoms with E-state index in [1.807, 2.05) is 0 Å². The molecule has 0 fully saturated rings. The molecule has 0 saturated carbocycles. The maximum Gasteiger partial charge on any atom is 0.113 e. The van der Waals surface area contributed by atoms with Gasteiger partial charge in [-0.1, -0.05) is 118 Å². The number of unbranched alkanes of at least 4 members (excludes halogenated alkanes) is 1. The summed E-state index contributed by atoms with van der Waals surface area (Å²) in [7, 11) is 0. The molecule has 0 amide bonds. The van der Waals surface area contributed by atoms with E-state index in [1.54, 1.807) is 0 Å². The number of aromatic nitrogens is 2. The van der Waals surface area contributed by atoms with Crippen LogP contribution in [0.5, 0.6) is 0 Å².